The number of nitrogens with one attached hydrogen (secondary N) is 1. The van der Waals surface area contributed by atoms with Gasteiger partial charge in [0.25, 0.3) is 0 Å². The van der Waals surface area contributed by atoms with Crippen LogP contribution in [0.1, 0.15) is 18.1 Å². The highest BCUT2D eigenvalue weighted by Crippen LogP contribution is 2.22. The lowest BCUT2D eigenvalue weighted by Crippen LogP contribution is -2.37. The third kappa shape index (κ3) is 4.17. The zero-order chi connectivity index (χ0) is 18.7. The zero-order valence-corrected chi connectivity index (χ0v) is 14.0. The number of hydrogen-bond acceptors (Lipinski definition) is 2. The maximum Gasteiger partial charge on any atom is 0.244 e. The lowest BCUT2D eigenvalue weighted by atomic mass is 10.1. The van der Waals surface area contributed by atoms with Gasteiger partial charge in [0.1, 0.15) is 6.54 Å². The Labute approximate surface area is 143 Å². The van der Waals surface area contributed by atoms with Crippen LogP contribution in [-0.4, -0.2) is 18.4 Å². The summed E-state index contributed by atoms with van der Waals surface area (Å²) in [7, 11) is 0. The van der Waals surface area contributed by atoms with E-state index in [0.717, 1.165) is 17.2 Å². The molecule has 0 bridgehead atoms. The Bertz CT molecular complexity index is 837. The lowest BCUT2D eigenvalue weighted by molar-refractivity contribution is -0.120. The van der Waals surface area contributed by atoms with Gasteiger partial charge in [-0.2, -0.15) is 0 Å². The van der Waals surface area contributed by atoms with E-state index in [9.17, 15) is 22.8 Å². The molecule has 2 rings (SSSR count). The normalized spacial score (nSPS) is 10.5. The predicted octanol–water partition coefficient (Wildman–Crippen LogP) is 3.71. The quantitative estimate of drug-likeness (QED) is 0.855. The molecule has 0 atom stereocenters. The molecule has 0 heterocycles. The number of carbonyl (C=O) groups excluding carboxylic acids is 2. The average molecular weight is 350 g/mol. The maximum atomic E-state index is 13.6. The van der Waals surface area contributed by atoms with E-state index in [2.05, 4.69) is 5.32 Å². The Morgan fingerprint density at radius 1 is 1.04 bits per heavy atom. The third-order valence-electron chi connectivity index (χ3n) is 3.63. The fourth-order valence-electron chi connectivity index (χ4n) is 2.43. The van der Waals surface area contributed by atoms with E-state index >= 15 is 0 Å². The summed E-state index contributed by atoms with van der Waals surface area (Å²) in [4.78, 5) is 25.3. The number of nitrogens with zero attached hydrogens (tertiary/aromatic N) is 1. The minimum absolute atomic E-state index is 0.382. The Hall–Kier alpha value is -2.83. The highest BCUT2D eigenvalue weighted by molar-refractivity contribution is 6.02. The summed E-state index contributed by atoms with van der Waals surface area (Å²) in [5.74, 6) is -5.63. The van der Waals surface area contributed by atoms with Crippen LogP contribution in [0, 0.1) is 31.3 Å². The van der Waals surface area contributed by atoms with Gasteiger partial charge < -0.3 is 10.2 Å². The van der Waals surface area contributed by atoms with Crippen LogP contribution in [0.5, 0.6) is 0 Å². The first kappa shape index (κ1) is 18.5. The SMILES string of the molecule is CC(=O)N(CC(=O)Nc1ccc(F)c(F)c1F)c1ccc(C)cc1C. The Balaban J connectivity index is 2.22. The molecule has 0 saturated carbocycles. The van der Waals surface area contributed by atoms with E-state index in [0.29, 0.717) is 11.8 Å². The van der Waals surface area contributed by atoms with Crippen molar-refractivity contribution in [1.82, 2.24) is 0 Å². The fourth-order valence-corrected chi connectivity index (χ4v) is 2.43. The van der Waals surface area contributed by atoms with Gasteiger partial charge in [0.05, 0.1) is 5.69 Å². The average Bonchev–Trinajstić information content (AvgIpc) is 2.53. The van der Waals surface area contributed by atoms with Crippen molar-refractivity contribution < 1.29 is 22.8 Å². The van der Waals surface area contributed by atoms with Crippen LogP contribution in [0.2, 0.25) is 0 Å². The Morgan fingerprint density at radius 3 is 2.32 bits per heavy atom. The van der Waals surface area contributed by atoms with Gasteiger partial charge in [0.15, 0.2) is 17.5 Å². The molecule has 1 N–H and O–H groups in total. The lowest BCUT2D eigenvalue weighted by Gasteiger charge is -2.23. The first-order valence-electron chi connectivity index (χ1n) is 7.49. The largest absolute Gasteiger partial charge is 0.322 e. The van der Waals surface area contributed by atoms with Crippen molar-refractivity contribution in [3.63, 3.8) is 0 Å². The van der Waals surface area contributed by atoms with Gasteiger partial charge >= 0.3 is 0 Å². The number of rotatable bonds is 4. The van der Waals surface area contributed by atoms with Gasteiger partial charge in [-0.1, -0.05) is 17.7 Å². The van der Waals surface area contributed by atoms with Crippen LogP contribution in [0.25, 0.3) is 0 Å². The number of halogens is 3. The molecule has 132 valence electrons. The van der Waals surface area contributed by atoms with E-state index in [4.69, 9.17) is 0 Å². The van der Waals surface area contributed by atoms with Crippen LogP contribution in [0.4, 0.5) is 24.5 Å². The minimum Gasteiger partial charge on any atom is -0.322 e. The second-order valence-corrected chi connectivity index (χ2v) is 5.67. The molecule has 7 heteroatoms. The number of hydrogen-bond donors (Lipinski definition) is 1. The summed E-state index contributed by atoms with van der Waals surface area (Å²) in [5, 5.41) is 2.15. The topological polar surface area (TPSA) is 49.4 Å². The van der Waals surface area contributed by atoms with Crippen molar-refractivity contribution in [2.45, 2.75) is 20.8 Å². The van der Waals surface area contributed by atoms with E-state index in [1.165, 1.54) is 11.8 Å². The van der Waals surface area contributed by atoms with E-state index in [1.807, 2.05) is 13.0 Å². The van der Waals surface area contributed by atoms with Crippen molar-refractivity contribution in [2.75, 3.05) is 16.8 Å². The van der Waals surface area contributed by atoms with Crippen molar-refractivity contribution in [2.24, 2.45) is 0 Å². The number of anilines is 2. The molecule has 0 spiro atoms. The molecule has 0 aliphatic rings. The molecule has 2 aromatic rings. The van der Waals surface area contributed by atoms with Crippen LogP contribution in [0.3, 0.4) is 0 Å². The van der Waals surface area contributed by atoms with Gasteiger partial charge in [-0.15, -0.1) is 0 Å². The number of carbonyl (C=O) groups is 2. The third-order valence-corrected chi connectivity index (χ3v) is 3.63. The molecular weight excluding hydrogens is 333 g/mol. The van der Waals surface area contributed by atoms with E-state index in [-0.39, 0.29) is 5.91 Å². The second-order valence-electron chi connectivity index (χ2n) is 5.67. The summed E-state index contributed by atoms with van der Waals surface area (Å²) in [6, 6.07) is 6.99. The van der Waals surface area contributed by atoms with Crippen LogP contribution in [0.15, 0.2) is 30.3 Å². The standard InChI is InChI=1S/C18H17F3N2O2/c1-10-4-7-15(11(2)8-10)23(12(3)24)9-16(25)22-14-6-5-13(19)17(20)18(14)21/h4-8H,9H2,1-3H3,(H,22,25). The molecule has 0 saturated heterocycles. The minimum atomic E-state index is -1.67. The van der Waals surface area contributed by atoms with E-state index < -0.39 is 35.6 Å². The second kappa shape index (κ2) is 7.38. The fraction of sp³-hybridized carbons (Fsp3) is 0.222. The van der Waals surface area contributed by atoms with Crippen molar-refractivity contribution in [1.29, 1.82) is 0 Å². The molecule has 0 radical (unpaired) electrons. The number of benzene rings is 2. The smallest absolute Gasteiger partial charge is 0.244 e. The highest BCUT2D eigenvalue weighted by atomic mass is 19.2. The molecule has 0 aliphatic heterocycles. The maximum absolute atomic E-state index is 13.6. The van der Waals surface area contributed by atoms with Gasteiger partial charge in [-0.25, -0.2) is 13.2 Å². The summed E-state index contributed by atoms with van der Waals surface area (Å²) < 4.78 is 39.8. The molecule has 2 aromatic carbocycles. The van der Waals surface area contributed by atoms with Gasteiger partial charge in [0, 0.05) is 12.6 Å². The molecule has 0 fully saturated rings. The summed E-state index contributed by atoms with van der Waals surface area (Å²) >= 11 is 0. The van der Waals surface area contributed by atoms with Crippen LogP contribution < -0.4 is 10.2 Å². The van der Waals surface area contributed by atoms with Gasteiger partial charge in [0.2, 0.25) is 11.8 Å². The molecule has 25 heavy (non-hydrogen) atoms. The zero-order valence-electron chi connectivity index (χ0n) is 14.0. The summed E-state index contributed by atoms with van der Waals surface area (Å²) in [6.45, 7) is 4.60. The number of aryl methyl sites for hydroxylation is 2. The first-order valence-corrected chi connectivity index (χ1v) is 7.49. The predicted molar refractivity (Wildman–Crippen MR) is 88.9 cm³/mol. The molecule has 0 aliphatic carbocycles. The van der Waals surface area contributed by atoms with Crippen LogP contribution in [-0.2, 0) is 9.59 Å². The molecule has 2 amide bonds. The first-order chi connectivity index (χ1) is 11.7. The number of amides is 2. The van der Waals surface area contributed by atoms with Crippen molar-refractivity contribution in [3.8, 4) is 0 Å². The van der Waals surface area contributed by atoms with E-state index in [1.54, 1.807) is 19.1 Å². The van der Waals surface area contributed by atoms with Gasteiger partial charge in [-0.05, 0) is 37.6 Å². The summed E-state index contributed by atoms with van der Waals surface area (Å²) in [6.07, 6.45) is 0. The molecule has 0 unspecified atom stereocenters. The van der Waals surface area contributed by atoms with Crippen molar-refractivity contribution >= 4 is 23.2 Å². The Kier molecular flexibility index (Phi) is 5.46. The summed E-state index contributed by atoms with van der Waals surface area (Å²) in [5.41, 5.74) is 1.84. The molecular formula is C18H17F3N2O2. The van der Waals surface area contributed by atoms with Gasteiger partial charge in [-0.3, -0.25) is 9.59 Å². The van der Waals surface area contributed by atoms with Crippen molar-refractivity contribution in [3.05, 3.63) is 58.9 Å². The Morgan fingerprint density at radius 2 is 1.72 bits per heavy atom. The highest BCUT2D eigenvalue weighted by Gasteiger charge is 2.20. The molecule has 0 aromatic heterocycles. The van der Waals surface area contributed by atoms with Crippen LogP contribution >= 0.6 is 0 Å². The monoisotopic (exact) mass is 350 g/mol. The molecule has 4 nitrogen and oxygen atoms in total.